The minimum absolute atomic E-state index is 0.188. The van der Waals surface area contributed by atoms with Crippen LogP contribution in [0, 0.1) is 0 Å². The fourth-order valence-corrected chi connectivity index (χ4v) is 2.03. The van der Waals surface area contributed by atoms with Gasteiger partial charge in [-0.3, -0.25) is 0 Å². The number of amides is 1. The summed E-state index contributed by atoms with van der Waals surface area (Å²) in [5.41, 5.74) is 4.11. The van der Waals surface area contributed by atoms with Gasteiger partial charge in [0.1, 0.15) is 5.60 Å². The van der Waals surface area contributed by atoms with Gasteiger partial charge in [-0.15, -0.1) is 0 Å². The SMILES string of the molecule is CC(C)(C)OC(=O)NCCN1C=CC(c2ccccc2)N1. The molecule has 0 saturated heterocycles. The normalized spacial score (nSPS) is 17.9. The predicted octanol–water partition coefficient (Wildman–Crippen LogP) is 2.59. The average Bonchev–Trinajstić information content (AvgIpc) is 2.86. The van der Waals surface area contributed by atoms with E-state index in [0.717, 1.165) is 0 Å². The summed E-state index contributed by atoms with van der Waals surface area (Å²) in [5.74, 6) is 0. The van der Waals surface area contributed by atoms with Gasteiger partial charge in [0.25, 0.3) is 0 Å². The number of hydrogen-bond donors (Lipinski definition) is 2. The lowest BCUT2D eigenvalue weighted by Gasteiger charge is -2.22. The molecule has 1 heterocycles. The molecule has 1 unspecified atom stereocenters. The van der Waals surface area contributed by atoms with Crippen molar-refractivity contribution in [1.82, 2.24) is 15.8 Å². The van der Waals surface area contributed by atoms with Gasteiger partial charge in [0.15, 0.2) is 0 Å². The first-order valence-corrected chi connectivity index (χ1v) is 7.17. The van der Waals surface area contributed by atoms with Crippen LogP contribution in [0.4, 0.5) is 4.79 Å². The molecule has 114 valence electrons. The van der Waals surface area contributed by atoms with Crippen molar-refractivity contribution in [2.45, 2.75) is 32.4 Å². The molecule has 1 aromatic carbocycles. The van der Waals surface area contributed by atoms with E-state index < -0.39 is 5.60 Å². The number of ether oxygens (including phenoxy) is 1. The van der Waals surface area contributed by atoms with Crippen LogP contribution >= 0.6 is 0 Å². The summed E-state index contributed by atoms with van der Waals surface area (Å²) in [4.78, 5) is 11.5. The van der Waals surface area contributed by atoms with Crippen LogP contribution in [-0.2, 0) is 4.74 Å². The van der Waals surface area contributed by atoms with Crippen LogP contribution in [0.2, 0.25) is 0 Å². The Morgan fingerprint density at radius 1 is 1.33 bits per heavy atom. The van der Waals surface area contributed by atoms with Crippen molar-refractivity contribution in [3.8, 4) is 0 Å². The van der Waals surface area contributed by atoms with Crippen LogP contribution in [0.5, 0.6) is 0 Å². The molecule has 2 rings (SSSR count). The number of alkyl carbamates (subject to hydrolysis) is 1. The highest BCUT2D eigenvalue weighted by atomic mass is 16.6. The molecule has 0 aromatic heterocycles. The van der Waals surface area contributed by atoms with Crippen molar-refractivity contribution in [3.05, 3.63) is 48.2 Å². The van der Waals surface area contributed by atoms with Gasteiger partial charge in [-0.2, -0.15) is 0 Å². The lowest BCUT2D eigenvalue weighted by Crippen LogP contribution is -2.39. The summed E-state index contributed by atoms with van der Waals surface area (Å²) in [5, 5.41) is 4.71. The smallest absolute Gasteiger partial charge is 0.407 e. The molecule has 21 heavy (non-hydrogen) atoms. The number of carbonyl (C=O) groups is 1. The highest BCUT2D eigenvalue weighted by molar-refractivity contribution is 5.67. The third kappa shape index (κ3) is 5.11. The summed E-state index contributed by atoms with van der Waals surface area (Å²) in [6.45, 7) is 6.75. The average molecular weight is 289 g/mol. The molecular formula is C16H23N3O2. The summed E-state index contributed by atoms with van der Waals surface area (Å²) < 4.78 is 5.19. The fraction of sp³-hybridized carbons (Fsp3) is 0.438. The van der Waals surface area contributed by atoms with Crippen molar-refractivity contribution in [2.75, 3.05) is 13.1 Å². The lowest BCUT2D eigenvalue weighted by atomic mass is 10.1. The molecule has 1 aromatic rings. The summed E-state index contributed by atoms with van der Waals surface area (Å²) in [7, 11) is 0. The van der Waals surface area contributed by atoms with E-state index in [2.05, 4.69) is 29.0 Å². The van der Waals surface area contributed by atoms with Crippen LogP contribution in [0.15, 0.2) is 42.6 Å². The van der Waals surface area contributed by atoms with Gasteiger partial charge in [0.05, 0.1) is 12.6 Å². The Balaban J connectivity index is 1.70. The predicted molar refractivity (Wildman–Crippen MR) is 82.4 cm³/mol. The molecule has 0 fully saturated rings. The molecule has 5 heteroatoms. The molecule has 1 atom stereocenters. The van der Waals surface area contributed by atoms with Gasteiger partial charge in [0.2, 0.25) is 0 Å². The van der Waals surface area contributed by atoms with Crippen molar-refractivity contribution in [2.24, 2.45) is 0 Å². The number of nitrogens with zero attached hydrogens (tertiary/aromatic N) is 1. The van der Waals surface area contributed by atoms with Gasteiger partial charge >= 0.3 is 6.09 Å². The zero-order valence-electron chi connectivity index (χ0n) is 12.8. The second-order valence-corrected chi connectivity index (χ2v) is 5.98. The Kier molecular flexibility index (Phi) is 4.85. The molecule has 1 aliphatic heterocycles. The second kappa shape index (κ2) is 6.63. The first-order chi connectivity index (χ1) is 9.94. The standard InChI is InChI=1S/C16H23N3O2/c1-16(2,3)21-15(20)17-10-12-19-11-9-14(18-19)13-7-5-4-6-8-13/h4-9,11,14,18H,10,12H2,1-3H3,(H,17,20). The Labute approximate surface area is 125 Å². The van der Waals surface area contributed by atoms with Crippen molar-refractivity contribution in [1.29, 1.82) is 0 Å². The molecule has 0 radical (unpaired) electrons. The molecule has 0 saturated carbocycles. The molecule has 5 nitrogen and oxygen atoms in total. The number of hydrazine groups is 1. The number of rotatable bonds is 4. The minimum Gasteiger partial charge on any atom is -0.444 e. The van der Waals surface area contributed by atoms with Crippen LogP contribution in [0.3, 0.4) is 0 Å². The van der Waals surface area contributed by atoms with Gasteiger partial charge in [-0.25, -0.2) is 10.2 Å². The Morgan fingerprint density at radius 3 is 2.71 bits per heavy atom. The molecule has 1 aliphatic rings. The summed E-state index contributed by atoms with van der Waals surface area (Å²) in [6.07, 6.45) is 3.71. The van der Waals surface area contributed by atoms with Gasteiger partial charge in [0, 0.05) is 12.7 Å². The van der Waals surface area contributed by atoms with E-state index in [9.17, 15) is 4.79 Å². The Hall–Kier alpha value is -2.01. The first-order valence-electron chi connectivity index (χ1n) is 7.17. The van der Waals surface area contributed by atoms with Crippen molar-refractivity contribution in [3.63, 3.8) is 0 Å². The van der Waals surface area contributed by atoms with E-state index in [0.29, 0.717) is 13.1 Å². The van der Waals surface area contributed by atoms with Crippen LogP contribution in [-0.4, -0.2) is 29.8 Å². The summed E-state index contributed by atoms with van der Waals surface area (Å²) >= 11 is 0. The van der Waals surface area contributed by atoms with Crippen molar-refractivity contribution < 1.29 is 9.53 Å². The van der Waals surface area contributed by atoms with E-state index in [1.165, 1.54) is 5.56 Å². The maximum absolute atomic E-state index is 11.5. The molecular weight excluding hydrogens is 266 g/mol. The van der Waals surface area contributed by atoms with Crippen molar-refractivity contribution >= 4 is 6.09 Å². The van der Waals surface area contributed by atoms with E-state index in [1.54, 1.807) is 0 Å². The zero-order valence-corrected chi connectivity index (χ0v) is 12.8. The monoisotopic (exact) mass is 289 g/mol. The third-order valence-electron chi connectivity index (χ3n) is 2.94. The summed E-state index contributed by atoms with van der Waals surface area (Å²) in [6, 6.07) is 10.4. The first kappa shape index (κ1) is 15.4. The maximum atomic E-state index is 11.5. The third-order valence-corrected chi connectivity index (χ3v) is 2.94. The zero-order chi connectivity index (χ0) is 15.3. The molecule has 0 bridgehead atoms. The molecule has 0 spiro atoms. The Morgan fingerprint density at radius 2 is 2.05 bits per heavy atom. The van der Waals surface area contributed by atoms with E-state index in [-0.39, 0.29) is 12.1 Å². The fourth-order valence-electron chi connectivity index (χ4n) is 2.03. The largest absolute Gasteiger partial charge is 0.444 e. The van der Waals surface area contributed by atoms with E-state index in [1.807, 2.05) is 50.2 Å². The van der Waals surface area contributed by atoms with Crippen LogP contribution in [0.25, 0.3) is 0 Å². The highest BCUT2D eigenvalue weighted by Crippen LogP contribution is 2.18. The van der Waals surface area contributed by atoms with Crippen LogP contribution in [0.1, 0.15) is 32.4 Å². The minimum atomic E-state index is -0.464. The number of hydrogen-bond acceptors (Lipinski definition) is 4. The van der Waals surface area contributed by atoms with Gasteiger partial charge in [-0.05, 0) is 32.4 Å². The number of benzene rings is 1. The molecule has 0 aliphatic carbocycles. The highest BCUT2D eigenvalue weighted by Gasteiger charge is 2.18. The maximum Gasteiger partial charge on any atom is 0.407 e. The van der Waals surface area contributed by atoms with E-state index in [4.69, 9.17) is 4.74 Å². The molecule has 2 N–H and O–H groups in total. The topological polar surface area (TPSA) is 53.6 Å². The van der Waals surface area contributed by atoms with Gasteiger partial charge < -0.3 is 15.1 Å². The number of nitrogens with one attached hydrogen (secondary N) is 2. The quantitative estimate of drug-likeness (QED) is 0.894. The lowest BCUT2D eigenvalue weighted by molar-refractivity contribution is 0.0522. The number of carbonyl (C=O) groups excluding carboxylic acids is 1. The van der Waals surface area contributed by atoms with Crippen LogP contribution < -0.4 is 10.7 Å². The van der Waals surface area contributed by atoms with E-state index >= 15 is 0 Å². The van der Waals surface area contributed by atoms with Gasteiger partial charge in [-0.1, -0.05) is 30.3 Å². The second-order valence-electron chi connectivity index (χ2n) is 5.98. The molecule has 1 amide bonds. The Bertz CT molecular complexity index is 494.